The maximum Gasteiger partial charge on any atom is 0.244 e. The Bertz CT molecular complexity index is 514. The van der Waals surface area contributed by atoms with Crippen LogP contribution in [0.25, 0.3) is 0 Å². The van der Waals surface area contributed by atoms with Gasteiger partial charge in [0.1, 0.15) is 10.7 Å². The fourth-order valence-corrected chi connectivity index (χ4v) is 2.69. The standard InChI is InChI=1S/C10H15FN2O3S/c1-10(2,6-14)13-17(15,16)9-5-7(12)3-4-8(9)11/h3-5,13-14H,6,12H2,1-2H3. The van der Waals surface area contributed by atoms with Gasteiger partial charge in [0, 0.05) is 5.69 Å². The van der Waals surface area contributed by atoms with Gasteiger partial charge in [0.05, 0.1) is 12.1 Å². The van der Waals surface area contributed by atoms with Gasteiger partial charge in [0.25, 0.3) is 0 Å². The summed E-state index contributed by atoms with van der Waals surface area (Å²) in [5, 5.41) is 8.98. The molecule has 0 saturated carbocycles. The predicted octanol–water partition coefficient (Wildman–Crippen LogP) is 0.457. The Kier molecular flexibility index (Phi) is 3.75. The molecule has 5 nitrogen and oxygen atoms in total. The Labute approximate surface area is 99.5 Å². The van der Waals surface area contributed by atoms with Gasteiger partial charge in [0.15, 0.2) is 0 Å². The number of halogens is 1. The number of nitrogen functional groups attached to an aromatic ring is 1. The van der Waals surface area contributed by atoms with Crippen molar-refractivity contribution in [2.24, 2.45) is 0 Å². The molecule has 7 heteroatoms. The van der Waals surface area contributed by atoms with Crippen molar-refractivity contribution in [3.8, 4) is 0 Å². The van der Waals surface area contributed by atoms with Crippen LogP contribution in [0.1, 0.15) is 13.8 Å². The molecule has 0 saturated heterocycles. The van der Waals surface area contributed by atoms with Gasteiger partial charge in [-0.25, -0.2) is 17.5 Å². The monoisotopic (exact) mass is 262 g/mol. The molecule has 0 spiro atoms. The number of aliphatic hydroxyl groups excluding tert-OH is 1. The SMILES string of the molecule is CC(C)(CO)NS(=O)(=O)c1cc(N)ccc1F. The lowest BCUT2D eigenvalue weighted by molar-refractivity contribution is 0.208. The number of sulfonamides is 1. The van der Waals surface area contributed by atoms with Crippen LogP contribution in [-0.4, -0.2) is 25.7 Å². The Morgan fingerprint density at radius 3 is 2.59 bits per heavy atom. The van der Waals surface area contributed by atoms with Gasteiger partial charge < -0.3 is 10.8 Å². The summed E-state index contributed by atoms with van der Waals surface area (Å²) in [7, 11) is -4.05. The molecule has 0 aliphatic rings. The molecule has 0 aromatic heterocycles. The number of benzene rings is 1. The molecule has 0 unspecified atom stereocenters. The molecule has 0 atom stereocenters. The van der Waals surface area contributed by atoms with E-state index in [1.54, 1.807) is 0 Å². The van der Waals surface area contributed by atoms with Gasteiger partial charge in [-0.3, -0.25) is 0 Å². The molecule has 0 bridgehead atoms. The molecule has 0 heterocycles. The lowest BCUT2D eigenvalue weighted by Gasteiger charge is -2.23. The van der Waals surface area contributed by atoms with Crippen LogP contribution in [0.3, 0.4) is 0 Å². The molecule has 1 aromatic rings. The van der Waals surface area contributed by atoms with Gasteiger partial charge >= 0.3 is 0 Å². The minimum absolute atomic E-state index is 0.147. The number of nitrogens with one attached hydrogen (secondary N) is 1. The number of rotatable bonds is 4. The van der Waals surface area contributed by atoms with E-state index in [-0.39, 0.29) is 5.69 Å². The third-order valence-electron chi connectivity index (χ3n) is 2.05. The van der Waals surface area contributed by atoms with Crippen LogP contribution in [0, 0.1) is 5.82 Å². The third kappa shape index (κ3) is 3.39. The molecule has 17 heavy (non-hydrogen) atoms. The number of anilines is 1. The molecule has 0 aliphatic heterocycles. The topological polar surface area (TPSA) is 92.4 Å². The summed E-state index contributed by atoms with van der Waals surface area (Å²) in [4.78, 5) is -0.529. The van der Waals surface area contributed by atoms with E-state index >= 15 is 0 Å². The van der Waals surface area contributed by atoms with Crippen molar-refractivity contribution in [1.29, 1.82) is 0 Å². The van der Waals surface area contributed by atoms with Crippen molar-refractivity contribution in [1.82, 2.24) is 4.72 Å². The van der Waals surface area contributed by atoms with Crippen LogP contribution >= 0.6 is 0 Å². The summed E-state index contributed by atoms with van der Waals surface area (Å²) >= 11 is 0. The largest absolute Gasteiger partial charge is 0.399 e. The first-order valence-electron chi connectivity index (χ1n) is 4.88. The first-order valence-corrected chi connectivity index (χ1v) is 6.36. The average Bonchev–Trinajstić information content (AvgIpc) is 2.20. The minimum Gasteiger partial charge on any atom is -0.399 e. The molecular weight excluding hydrogens is 247 g/mol. The van der Waals surface area contributed by atoms with Crippen molar-refractivity contribution in [3.05, 3.63) is 24.0 Å². The number of aliphatic hydroxyl groups is 1. The first-order chi connectivity index (χ1) is 7.68. The molecule has 4 N–H and O–H groups in total. The van der Waals surface area contributed by atoms with Crippen LogP contribution in [0.5, 0.6) is 0 Å². The molecule has 1 aromatic carbocycles. The molecule has 96 valence electrons. The minimum atomic E-state index is -4.05. The van der Waals surface area contributed by atoms with Crippen molar-refractivity contribution in [2.45, 2.75) is 24.3 Å². The van der Waals surface area contributed by atoms with E-state index in [1.165, 1.54) is 19.9 Å². The van der Waals surface area contributed by atoms with E-state index in [4.69, 9.17) is 10.8 Å². The van der Waals surface area contributed by atoms with Gasteiger partial charge in [-0.1, -0.05) is 0 Å². The zero-order valence-electron chi connectivity index (χ0n) is 9.57. The molecule has 0 amide bonds. The quantitative estimate of drug-likeness (QED) is 0.687. The van der Waals surface area contributed by atoms with Crippen molar-refractivity contribution in [2.75, 3.05) is 12.3 Å². The zero-order chi connectivity index (χ0) is 13.3. The van der Waals surface area contributed by atoms with E-state index in [9.17, 15) is 12.8 Å². The summed E-state index contributed by atoms with van der Waals surface area (Å²) in [5.41, 5.74) is 4.49. The van der Waals surface area contributed by atoms with Crippen LogP contribution in [-0.2, 0) is 10.0 Å². The molecule has 1 rings (SSSR count). The average molecular weight is 262 g/mol. The highest BCUT2D eigenvalue weighted by molar-refractivity contribution is 7.89. The Hall–Kier alpha value is -1.18. The maximum absolute atomic E-state index is 13.4. The lowest BCUT2D eigenvalue weighted by atomic mass is 10.1. The van der Waals surface area contributed by atoms with E-state index in [0.29, 0.717) is 0 Å². The second-order valence-corrected chi connectivity index (χ2v) is 5.99. The maximum atomic E-state index is 13.4. The van der Waals surface area contributed by atoms with Crippen molar-refractivity contribution in [3.63, 3.8) is 0 Å². The summed E-state index contributed by atoms with van der Waals surface area (Å²) in [6.45, 7) is 2.56. The van der Waals surface area contributed by atoms with Crippen LogP contribution in [0.15, 0.2) is 23.1 Å². The lowest BCUT2D eigenvalue weighted by Crippen LogP contribution is -2.46. The highest BCUT2D eigenvalue weighted by atomic mass is 32.2. The summed E-state index contributed by atoms with van der Waals surface area (Å²) in [5.74, 6) is -0.888. The smallest absolute Gasteiger partial charge is 0.244 e. The second-order valence-electron chi connectivity index (χ2n) is 4.34. The Morgan fingerprint density at radius 2 is 2.06 bits per heavy atom. The van der Waals surface area contributed by atoms with E-state index in [2.05, 4.69) is 4.72 Å². The third-order valence-corrected chi connectivity index (χ3v) is 3.76. The summed E-state index contributed by atoms with van der Waals surface area (Å²) < 4.78 is 39.3. The van der Waals surface area contributed by atoms with Crippen LogP contribution in [0.4, 0.5) is 10.1 Å². The number of hydrogen-bond acceptors (Lipinski definition) is 4. The molecule has 0 radical (unpaired) electrons. The second kappa shape index (κ2) is 4.59. The fourth-order valence-electron chi connectivity index (χ4n) is 1.18. The van der Waals surface area contributed by atoms with Crippen molar-refractivity contribution < 1.29 is 17.9 Å². The van der Waals surface area contributed by atoms with Crippen molar-refractivity contribution >= 4 is 15.7 Å². The summed E-state index contributed by atoms with van der Waals surface area (Å²) in [6.07, 6.45) is 0. The van der Waals surface area contributed by atoms with Crippen LogP contribution in [0.2, 0.25) is 0 Å². The molecule has 0 fully saturated rings. The van der Waals surface area contributed by atoms with Crippen LogP contribution < -0.4 is 10.5 Å². The fraction of sp³-hybridized carbons (Fsp3) is 0.400. The van der Waals surface area contributed by atoms with Gasteiger partial charge in [0.2, 0.25) is 10.0 Å². The Morgan fingerprint density at radius 1 is 1.47 bits per heavy atom. The van der Waals surface area contributed by atoms with E-state index in [0.717, 1.165) is 12.1 Å². The summed E-state index contributed by atoms with van der Waals surface area (Å²) in [6, 6.07) is 3.28. The van der Waals surface area contributed by atoms with E-state index < -0.39 is 32.9 Å². The first kappa shape index (κ1) is 13.9. The van der Waals surface area contributed by atoms with Gasteiger partial charge in [-0.15, -0.1) is 0 Å². The number of hydrogen-bond donors (Lipinski definition) is 3. The highest BCUT2D eigenvalue weighted by Crippen LogP contribution is 2.19. The van der Waals surface area contributed by atoms with E-state index in [1.807, 2.05) is 0 Å². The number of nitrogens with two attached hydrogens (primary N) is 1. The highest BCUT2D eigenvalue weighted by Gasteiger charge is 2.27. The molecule has 0 aliphatic carbocycles. The van der Waals surface area contributed by atoms with Gasteiger partial charge in [-0.2, -0.15) is 0 Å². The van der Waals surface area contributed by atoms with Gasteiger partial charge in [-0.05, 0) is 32.0 Å². The normalized spacial score (nSPS) is 12.7. The zero-order valence-corrected chi connectivity index (χ0v) is 10.4. The Balaban J connectivity index is 3.18. The molecular formula is C10H15FN2O3S. The predicted molar refractivity (Wildman–Crippen MR) is 62.3 cm³/mol.